The van der Waals surface area contributed by atoms with Crippen LogP contribution in [0.15, 0.2) is 64.8 Å². The van der Waals surface area contributed by atoms with Crippen molar-refractivity contribution in [3.8, 4) is 28.7 Å². The van der Waals surface area contributed by atoms with Crippen LogP contribution in [0.1, 0.15) is 26.3 Å². The van der Waals surface area contributed by atoms with Crippen molar-refractivity contribution in [2.45, 2.75) is 0 Å². The maximum absolute atomic E-state index is 12.8. The zero-order valence-corrected chi connectivity index (χ0v) is 19.6. The summed E-state index contributed by atoms with van der Waals surface area (Å²) in [4.78, 5) is 25.4. The summed E-state index contributed by atoms with van der Waals surface area (Å²) in [7, 11) is 4.55. The number of carbonyl (C=O) groups is 2. The first kappa shape index (κ1) is 22.4. The van der Waals surface area contributed by atoms with Crippen molar-refractivity contribution in [1.29, 1.82) is 0 Å². The number of hydrogen-bond donors (Lipinski definition) is 0. The Balaban J connectivity index is 1.56. The summed E-state index contributed by atoms with van der Waals surface area (Å²) in [6, 6.07) is 14.8. The number of hydrogen-bond acceptors (Lipinski definition) is 7. The fraction of sp³-hybridized carbons (Fsp3) is 0.120. The lowest BCUT2D eigenvalue weighted by Gasteiger charge is -2.10. The van der Waals surface area contributed by atoms with Gasteiger partial charge in [-0.15, -0.1) is 0 Å². The molecule has 33 heavy (non-hydrogen) atoms. The first-order valence-corrected chi connectivity index (χ1v) is 10.6. The molecule has 0 radical (unpaired) electrons. The van der Waals surface area contributed by atoms with Crippen molar-refractivity contribution in [3.63, 3.8) is 0 Å². The van der Waals surface area contributed by atoms with Crippen molar-refractivity contribution in [1.82, 2.24) is 0 Å². The highest BCUT2D eigenvalue weighted by atomic mass is 79.9. The van der Waals surface area contributed by atoms with E-state index in [9.17, 15) is 9.59 Å². The Morgan fingerprint density at radius 2 is 1.61 bits per heavy atom. The molecule has 0 fully saturated rings. The predicted molar refractivity (Wildman–Crippen MR) is 125 cm³/mol. The average molecular weight is 511 g/mol. The molecule has 1 aliphatic heterocycles. The number of rotatable bonds is 6. The van der Waals surface area contributed by atoms with Crippen LogP contribution in [-0.2, 0) is 0 Å². The van der Waals surface area contributed by atoms with Crippen LogP contribution in [0.3, 0.4) is 0 Å². The van der Waals surface area contributed by atoms with Gasteiger partial charge in [0.15, 0.2) is 17.3 Å². The van der Waals surface area contributed by atoms with Crippen LogP contribution >= 0.6 is 15.9 Å². The van der Waals surface area contributed by atoms with Crippen LogP contribution in [0.2, 0.25) is 0 Å². The van der Waals surface area contributed by atoms with Crippen LogP contribution in [0.25, 0.3) is 6.08 Å². The van der Waals surface area contributed by atoms with E-state index in [0.717, 1.165) is 4.47 Å². The van der Waals surface area contributed by atoms with Gasteiger partial charge in [-0.3, -0.25) is 4.79 Å². The van der Waals surface area contributed by atoms with Gasteiger partial charge in [0.1, 0.15) is 17.2 Å². The number of carbonyl (C=O) groups excluding carboxylic acids is 2. The molecule has 0 saturated carbocycles. The second kappa shape index (κ2) is 9.38. The van der Waals surface area contributed by atoms with Crippen molar-refractivity contribution < 1.29 is 33.3 Å². The van der Waals surface area contributed by atoms with Crippen LogP contribution in [-0.4, -0.2) is 33.1 Å². The van der Waals surface area contributed by atoms with E-state index in [4.69, 9.17) is 23.7 Å². The molecule has 3 aromatic rings. The standard InChI is InChI=1S/C25H19BrO7/c1-29-19-9-5-16(26)10-15(19)12-23-24(27)18-7-6-17(13-21(18)33-23)32-25(28)14-4-8-20(30-2)22(11-14)31-3/h4-13H,1-3H3/b23-12-. The third-order valence-corrected chi connectivity index (χ3v) is 5.44. The van der Waals surface area contributed by atoms with Gasteiger partial charge in [-0.25, -0.2) is 4.79 Å². The Hall–Kier alpha value is -3.78. The SMILES string of the molecule is COc1ccc(Br)cc1/C=C1\Oc2cc(OC(=O)c3ccc(OC)c(OC)c3)ccc2C1=O. The van der Waals surface area contributed by atoms with Crippen LogP contribution in [0, 0.1) is 0 Å². The Morgan fingerprint density at radius 3 is 2.33 bits per heavy atom. The highest BCUT2D eigenvalue weighted by Crippen LogP contribution is 2.36. The van der Waals surface area contributed by atoms with E-state index in [2.05, 4.69) is 15.9 Å². The van der Waals surface area contributed by atoms with Gasteiger partial charge < -0.3 is 23.7 Å². The van der Waals surface area contributed by atoms with Gasteiger partial charge in [-0.05, 0) is 54.6 Å². The summed E-state index contributed by atoms with van der Waals surface area (Å²) in [6.45, 7) is 0. The number of ketones is 1. The first-order valence-electron chi connectivity index (χ1n) is 9.79. The molecule has 0 aromatic heterocycles. The van der Waals surface area contributed by atoms with E-state index in [1.165, 1.54) is 26.4 Å². The first-order chi connectivity index (χ1) is 15.9. The Morgan fingerprint density at radius 1 is 0.879 bits per heavy atom. The number of allylic oxidation sites excluding steroid dienone is 1. The summed E-state index contributed by atoms with van der Waals surface area (Å²) >= 11 is 3.41. The second-order valence-corrected chi connectivity index (χ2v) is 7.86. The fourth-order valence-electron chi connectivity index (χ4n) is 3.32. The van der Waals surface area contributed by atoms with Gasteiger partial charge in [0.2, 0.25) is 5.78 Å². The number of fused-ring (bicyclic) bond motifs is 1. The molecule has 0 bridgehead atoms. The molecular weight excluding hydrogens is 492 g/mol. The Bertz CT molecular complexity index is 1280. The molecule has 0 N–H and O–H groups in total. The molecule has 0 unspecified atom stereocenters. The molecule has 168 valence electrons. The summed E-state index contributed by atoms with van der Waals surface area (Å²) in [5.41, 5.74) is 1.34. The lowest BCUT2D eigenvalue weighted by atomic mass is 10.1. The van der Waals surface area contributed by atoms with E-state index in [1.54, 1.807) is 43.5 Å². The van der Waals surface area contributed by atoms with Crippen LogP contribution in [0.5, 0.6) is 28.7 Å². The van der Waals surface area contributed by atoms with E-state index in [1.807, 2.05) is 12.1 Å². The van der Waals surface area contributed by atoms with Gasteiger partial charge in [0.25, 0.3) is 0 Å². The maximum Gasteiger partial charge on any atom is 0.343 e. The summed E-state index contributed by atoms with van der Waals surface area (Å²) < 4.78 is 27.8. The minimum Gasteiger partial charge on any atom is -0.496 e. The summed E-state index contributed by atoms with van der Waals surface area (Å²) in [5.74, 6) is 1.33. The zero-order valence-electron chi connectivity index (χ0n) is 18.0. The minimum absolute atomic E-state index is 0.143. The van der Waals surface area contributed by atoms with Gasteiger partial charge in [0, 0.05) is 16.1 Å². The topological polar surface area (TPSA) is 80.3 Å². The van der Waals surface area contributed by atoms with Crippen molar-refractivity contribution in [2.24, 2.45) is 0 Å². The number of esters is 1. The van der Waals surface area contributed by atoms with Crippen LogP contribution < -0.4 is 23.7 Å². The largest absolute Gasteiger partial charge is 0.496 e. The smallest absolute Gasteiger partial charge is 0.343 e. The highest BCUT2D eigenvalue weighted by molar-refractivity contribution is 9.10. The highest BCUT2D eigenvalue weighted by Gasteiger charge is 2.28. The molecule has 1 heterocycles. The lowest BCUT2D eigenvalue weighted by molar-refractivity contribution is 0.0734. The molecule has 0 amide bonds. The van der Waals surface area contributed by atoms with Crippen molar-refractivity contribution in [3.05, 3.63) is 81.5 Å². The summed E-state index contributed by atoms with van der Waals surface area (Å²) in [6.07, 6.45) is 1.61. The van der Waals surface area contributed by atoms with Gasteiger partial charge in [-0.1, -0.05) is 15.9 Å². The van der Waals surface area contributed by atoms with Gasteiger partial charge in [-0.2, -0.15) is 0 Å². The normalized spacial score (nSPS) is 13.3. The van der Waals surface area contributed by atoms with Crippen LogP contribution in [0.4, 0.5) is 0 Å². The Labute approximate surface area is 198 Å². The Kier molecular flexibility index (Phi) is 6.37. The lowest BCUT2D eigenvalue weighted by Crippen LogP contribution is -2.09. The zero-order chi connectivity index (χ0) is 23.5. The molecule has 7 nitrogen and oxygen atoms in total. The van der Waals surface area contributed by atoms with Crippen molar-refractivity contribution in [2.75, 3.05) is 21.3 Å². The third kappa shape index (κ3) is 4.56. The third-order valence-electron chi connectivity index (χ3n) is 4.95. The minimum atomic E-state index is -0.588. The van der Waals surface area contributed by atoms with Gasteiger partial charge in [0.05, 0.1) is 32.5 Å². The summed E-state index contributed by atoms with van der Waals surface area (Å²) in [5, 5.41) is 0. The van der Waals surface area contributed by atoms with Crippen molar-refractivity contribution >= 4 is 33.8 Å². The maximum atomic E-state index is 12.8. The number of halogens is 1. The molecule has 0 saturated heterocycles. The molecule has 3 aromatic carbocycles. The number of ether oxygens (including phenoxy) is 5. The molecule has 0 aliphatic carbocycles. The monoisotopic (exact) mass is 510 g/mol. The van der Waals surface area contributed by atoms with Gasteiger partial charge >= 0.3 is 5.97 Å². The van der Waals surface area contributed by atoms with E-state index in [0.29, 0.717) is 34.1 Å². The molecule has 1 aliphatic rings. The average Bonchev–Trinajstić information content (AvgIpc) is 3.13. The molecule has 4 rings (SSSR count). The molecular formula is C25H19BrO7. The predicted octanol–water partition coefficient (Wildman–Crippen LogP) is 5.31. The molecule has 0 atom stereocenters. The fourth-order valence-corrected chi connectivity index (χ4v) is 3.70. The molecule has 8 heteroatoms. The quantitative estimate of drug-likeness (QED) is 0.252. The van der Waals surface area contributed by atoms with E-state index >= 15 is 0 Å². The number of benzene rings is 3. The second-order valence-electron chi connectivity index (χ2n) is 6.94. The number of methoxy groups -OCH3 is 3. The van der Waals surface area contributed by atoms with E-state index in [-0.39, 0.29) is 22.9 Å². The molecule has 0 spiro atoms. The van der Waals surface area contributed by atoms with E-state index < -0.39 is 5.97 Å². The number of Topliss-reactive ketones (excluding diaryl/α,β-unsaturated/α-hetero) is 1.